The van der Waals surface area contributed by atoms with Crippen LogP contribution in [0.25, 0.3) is 0 Å². The maximum absolute atomic E-state index is 12.8. The van der Waals surface area contributed by atoms with Crippen LogP contribution in [-0.4, -0.2) is 82.8 Å². The molecule has 1 aliphatic heterocycles. The van der Waals surface area contributed by atoms with E-state index < -0.39 is 82.0 Å². The third kappa shape index (κ3) is 4.94. The number of carbonyl (C=O) groups excluding carboxylic acids is 5. The summed E-state index contributed by atoms with van der Waals surface area (Å²) >= 11 is 0. The molecule has 12 nitrogen and oxygen atoms in total. The van der Waals surface area contributed by atoms with Crippen molar-refractivity contribution in [1.29, 1.82) is 0 Å². The maximum Gasteiger partial charge on any atom is 0.331 e. The highest BCUT2D eigenvalue weighted by Gasteiger charge is 2.77. The number of cyclic esters (lactones) is 1. The van der Waals surface area contributed by atoms with Gasteiger partial charge in [0.1, 0.15) is 31.5 Å². The van der Waals surface area contributed by atoms with Crippen molar-refractivity contribution in [2.24, 2.45) is 28.6 Å². The summed E-state index contributed by atoms with van der Waals surface area (Å²) in [5.41, 5.74) is -4.58. The molecule has 0 saturated heterocycles. The average Bonchev–Trinajstić information content (AvgIpc) is 3.41. The number of hydrogen-bond acceptors (Lipinski definition) is 12. The van der Waals surface area contributed by atoms with Crippen LogP contribution in [0.15, 0.2) is 11.6 Å². The molecule has 43 heavy (non-hydrogen) atoms. The van der Waals surface area contributed by atoms with Crippen LogP contribution in [0.1, 0.15) is 79.6 Å². The van der Waals surface area contributed by atoms with Crippen molar-refractivity contribution in [1.82, 2.24) is 0 Å². The van der Waals surface area contributed by atoms with Gasteiger partial charge in [-0.25, -0.2) is 4.79 Å². The van der Waals surface area contributed by atoms with E-state index in [-0.39, 0.29) is 44.8 Å². The maximum atomic E-state index is 12.8. The lowest BCUT2D eigenvalue weighted by molar-refractivity contribution is -0.320. The third-order valence-electron chi connectivity index (χ3n) is 11.2. The van der Waals surface area contributed by atoms with Crippen LogP contribution in [0.5, 0.6) is 0 Å². The van der Waals surface area contributed by atoms with Gasteiger partial charge in [-0.2, -0.15) is 0 Å². The molecule has 5 rings (SSSR count). The van der Waals surface area contributed by atoms with Crippen molar-refractivity contribution in [3.8, 4) is 0 Å². The largest absolute Gasteiger partial charge is 0.465 e. The van der Waals surface area contributed by atoms with Crippen LogP contribution in [0.3, 0.4) is 0 Å². The molecule has 0 unspecified atom stereocenters. The Kier molecular flexibility index (Phi) is 7.95. The van der Waals surface area contributed by atoms with E-state index in [1.54, 1.807) is 0 Å². The summed E-state index contributed by atoms with van der Waals surface area (Å²) in [6.45, 7) is 6.70. The SMILES string of the molecule is CC(=O)OC[C@@]12[C@@H]3[C@@H](CC[C@@]1(O)C[C@H](OC(C)=O)C[C@@H]2OC(C)=O)[C@]1(O)CC[C@H](C2=CC(=O)OC2)[C@@]1(C)C[C@H]3OC(C)=O. The van der Waals surface area contributed by atoms with Gasteiger partial charge < -0.3 is 33.9 Å². The molecule has 4 saturated carbocycles. The Morgan fingerprint density at radius 1 is 0.930 bits per heavy atom. The molecule has 0 spiro atoms. The van der Waals surface area contributed by atoms with Gasteiger partial charge in [-0.1, -0.05) is 6.92 Å². The van der Waals surface area contributed by atoms with Gasteiger partial charge in [0.2, 0.25) is 0 Å². The van der Waals surface area contributed by atoms with E-state index in [1.807, 2.05) is 6.92 Å². The minimum Gasteiger partial charge on any atom is -0.465 e. The number of esters is 5. The fourth-order valence-corrected chi connectivity index (χ4v) is 9.80. The Balaban J connectivity index is 1.68. The Labute approximate surface area is 250 Å². The summed E-state index contributed by atoms with van der Waals surface area (Å²) in [7, 11) is 0. The first-order valence-electron chi connectivity index (χ1n) is 15.0. The van der Waals surface area contributed by atoms with Crippen LogP contribution >= 0.6 is 0 Å². The number of rotatable bonds is 6. The van der Waals surface area contributed by atoms with Gasteiger partial charge in [0.15, 0.2) is 0 Å². The van der Waals surface area contributed by atoms with Gasteiger partial charge in [-0.3, -0.25) is 19.2 Å². The summed E-state index contributed by atoms with van der Waals surface area (Å²) in [6.07, 6.45) is 0.250. The second kappa shape index (κ2) is 10.9. The molecule has 0 aromatic carbocycles. The van der Waals surface area contributed by atoms with E-state index in [1.165, 1.54) is 33.8 Å². The van der Waals surface area contributed by atoms with Crippen molar-refractivity contribution in [2.75, 3.05) is 13.2 Å². The molecule has 0 bridgehead atoms. The monoisotopic (exact) mass is 606 g/mol. The summed E-state index contributed by atoms with van der Waals surface area (Å²) in [4.78, 5) is 61.4. The molecule has 0 aromatic heterocycles. The highest BCUT2D eigenvalue weighted by Crippen LogP contribution is 2.71. The predicted molar refractivity (Wildman–Crippen MR) is 146 cm³/mol. The molecule has 0 radical (unpaired) electrons. The number of hydrogen-bond donors (Lipinski definition) is 2. The van der Waals surface area contributed by atoms with Gasteiger partial charge >= 0.3 is 29.8 Å². The van der Waals surface area contributed by atoms with Crippen molar-refractivity contribution in [2.45, 2.75) is 109 Å². The Morgan fingerprint density at radius 2 is 1.60 bits per heavy atom. The molecule has 12 heteroatoms. The highest BCUT2D eigenvalue weighted by atomic mass is 16.6. The lowest BCUT2D eigenvalue weighted by atomic mass is 9.40. The quantitative estimate of drug-likeness (QED) is 0.333. The van der Waals surface area contributed by atoms with Crippen LogP contribution in [-0.2, 0) is 47.7 Å². The first-order valence-corrected chi connectivity index (χ1v) is 15.0. The number of fused-ring (bicyclic) bond motifs is 5. The zero-order chi connectivity index (χ0) is 31.5. The molecule has 4 aliphatic carbocycles. The minimum absolute atomic E-state index is 0.0173. The molecule has 10 atom stereocenters. The van der Waals surface area contributed by atoms with E-state index in [0.717, 1.165) is 5.57 Å². The topological polar surface area (TPSA) is 172 Å². The molecule has 238 valence electrons. The second-order valence-electron chi connectivity index (χ2n) is 13.4. The van der Waals surface area contributed by atoms with Gasteiger partial charge in [0.05, 0.1) is 16.6 Å². The van der Waals surface area contributed by atoms with Crippen molar-refractivity contribution in [3.63, 3.8) is 0 Å². The summed E-state index contributed by atoms with van der Waals surface area (Å²) in [5, 5.41) is 25.4. The zero-order valence-electron chi connectivity index (χ0n) is 25.4. The van der Waals surface area contributed by atoms with Gasteiger partial charge in [-0.05, 0) is 49.5 Å². The van der Waals surface area contributed by atoms with Crippen LogP contribution < -0.4 is 0 Å². The fraction of sp³-hybridized carbons (Fsp3) is 0.774. The zero-order valence-corrected chi connectivity index (χ0v) is 25.4. The van der Waals surface area contributed by atoms with E-state index >= 15 is 0 Å². The van der Waals surface area contributed by atoms with Gasteiger partial charge in [0.25, 0.3) is 0 Å². The number of ether oxygens (including phenoxy) is 5. The summed E-state index contributed by atoms with van der Waals surface area (Å²) < 4.78 is 28.3. The molecule has 2 N–H and O–H groups in total. The average molecular weight is 607 g/mol. The smallest absolute Gasteiger partial charge is 0.331 e. The Bertz CT molecular complexity index is 1240. The molecule has 4 fully saturated rings. The lowest BCUT2D eigenvalue weighted by Crippen LogP contribution is -2.76. The normalized spacial score (nSPS) is 43.2. The van der Waals surface area contributed by atoms with E-state index in [9.17, 15) is 34.2 Å². The summed E-state index contributed by atoms with van der Waals surface area (Å²) in [6, 6.07) is 0. The highest BCUT2D eigenvalue weighted by molar-refractivity contribution is 5.85. The van der Waals surface area contributed by atoms with Gasteiger partial charge in [0, 0.05) is 57.9 Å². The van der Waals surface area contributed by atoms with Crippen LogP contribution in [0.2, 0.25) is 0 Å². The third-order valence-corrected chi connectivity index (χ3v) is 11.2. The summed E-state index contributed by atoms with van der Waals surface area (Å²) in [5.74, 6) is -4.43. The molecule has 1 heterocycles. The van der Waals surface area contributed by atoms with E-state index in [0.29, 0.717) is 19.3 Å². The Hall–Kier alpha value is -2.99. The first kappa shape index (κ1) is 31.4. The lowest BCUT2D eigenvalue weighted by Gasteiger charge is -2.68. The van der Waals surface area contributed by atoms with Gasteiger partial charge in [-0.15, -0.1) is 0 Å². The molecule has 0 aromatic rings. The van der Waals surface area contributed by atoms with Crippen molar-refractivity contribution >= 4 is 29.8 Å². The molecule has 0 amide bonds. The second-order valence-corrected chi connectivity index (χ2v) is 13.4. The minimum atomic E-state index is -1.68. The van der Waals surface area contributed by atoms with E-state index in [2.05, 4.69) is 0 Å². The number of aliphatic hydroxyl groups is 2. The van der Waals surface area contributed by atoms with E-state index in [4.69, 9.17) is 23.7 Å². The fourth-order valence-electron chi connectivity index (χ4n) is 9.80. The molecular weight excluding hydrogens is 564 g/mol. The van der Waals surface area contributed by atoms with Crippen LogP contribution in [0, 0.1) is 28.6 Å². The molecular formula is C31H42O12. The standard InChI is InChI=1S/C31H42O12/c1-16(32)40-15-30-25(43-19(4)35)11-21(41-17(2)33)12-29(30,37)8-6-23-27(30)24(42-18(3)34)13-28(5)22(7-9-31(23,28)38)20-10-26(36)39-14-20/h10,21-25,27,37-38H,6-9,11-15H2,1-5H3/t21-,22-,23-,24-,25+,27-,28-,29-,30-,31-/m1/s1. The predicted octanol–water partition coefficient (Wildman–Crippen LogP) is 1.92. The molecule has 5 aliphatic rings. The first-order chi connectivity index (χ1) is 20.1. The Morgan fingerprint density at radius 3 is 2.19 bits per heavy atom. The van der Waals surface area contributed by atoms with Crippen LogP contribution in [0.4, 0.5) is 0 Å². The number of carbonyl (C=O) groups is 5. The van der Waals surface area contributed by atoms with Crippen molar-refractivity contribution < 1.29 is 57.9 Å². The van der Waals surface area contributed by atoms with Crippen molar-refractivity contribution in [3.05, 3.63) is 11.6 Å².